The zero-order valence-corrected chi connectivity index (χ0v) is 11.7. The Morgan fingerprint density at radius 2 is 1.94 bits per heavy atom. The van der Waals surface area contributed by atoms with E-state index in [0.29, 0.717) is 12.1 Å². The Balaban J connectivity index is 2.63. The molecule has 1 aromatic rings. The molecule has 0 radical (unpaired) electrons. The van der Waals surface area contributed by atoms with E-state index < -0.39 is 0 Å². The van der Waals surface area contributed by atoms with Gasteiger partial charge in [0, 0.05) is 13.2 Å². The molecule has 0 saturated carbocycles. The maximum Gasteiger partial charge on any atom is 0.0558 e. The van der Waals surface area contributed by atoms with Gasteiger partial charge in [-0.05, 0) is 57.4 Å². The fourth-order valence-corrected chi connectivity index (χ4v) is 2.02. The largest absolute Gasteiger partial charge is 0.382 e. The Morgan fingerprint density at radius 1 is 1.24 bits per heavy atom. The van der Waals surface area contributed by atoms with Crippen molar-refractivity contribution in [2.24, 2.45) is 0 Å². The molecule has 0 saturated heterocycles. The lowest BCUT2D eigenvalue weighted by atomic mass is 9.98. The van der Waals surface area contributed by atoms with Crippen molar-refractivity contribution in [1.29, 1.82) is 0 Å². The van der Waals surface area contributed by atoms with E-state index in [4.69, 9.17) is 4.74 Å². The fraction of sp³-hybridized carbons (Fsp3) is 0.600. The standard InChI is InChI=1S/C15H25NO/c1-11-6-7-14(8-12(11)2)10-15(16-4)9-13(3)17-5/h6-8,13,15-16H,9-10H2,1-5H3. The Morgan fingerprint density at radius 3 is 2.47 bits per heavy atom. The molecule has 2 nitrogen and oxygen atoms in total. The molecule has 2 unspecified atom stereocenters. The predicted molar refractivity (Wildman–Crippen MR) is 73.6 cm³/mol. The van der Waals surface area contributed by atoms with Gasteiger partial charge < -0.3 is 10.1 Å². The fourth-order valence-electron chi connectivity index (χ4n) is 2.02. The minimum Gasteiger partial charge on any atom is -0.382 e. The monoisotopic (exact) mass is 235 g/mol. The molecule has 0 fully saturated rings. The summed E-state index contributed by atoms with van der Waals surface area (Å²) < 4.78 is 5.32. The van der Waals surface area contributed by atoms with Crippen molar-refractivity contribution in [3.63, 3.8) is 0 Å². The van der Waals surface area contributed by atoms with Crippen molar-refractivity contribution in [2.45, 2.75) is 45.8 Å². The number of benzene rings is 1. The molecule has 2 heteroatoms. The van der Waals surface area contributed by atoms with Crippen LogP contribution in [0.2, 0.25) is 0 Å². The second-order valence-corrected chi connectivity index (χ2v) is 4.89. The van der Waals surface area contributed by atoms with Crippen molar-refractivity contribution < 1.29 is 4.74 Å². The SMILES string of the molecule is CNC(Cc1ccc(C)c(C)c1)CC(C)OC. The van der Waals surface area contributed by atoms with Crippen LogP contribution in [-0.4, -0.2) is 26.3 Å². The maximum absolute atomic E-state index is 5.32. The maximum atomic E-state index is 5.32. The predicted octanol–water partition coefficient (Wildman–Crippen LogP) is 2.86. The van der Waals surface area contributed by atoms with Crippen LogP contribution in [0.1, 0.15) is 30.0 Å². The molecule has 0 spiro atoms. The highest BCUT2D eigenvalue weighted by Gasteiger charge is 2.11. The summed E-state index contributed by atoms with van der Waals surface area (Å²) in [5.74, 6) is 0. The van der Waals surface area contributed by atoms with E-state index >= 15 is 0 Å². The summed E-state index contributed by atoms with van der Waals surface area (Å²) in [4.78, 5) is 0. The summed E-state index contributed by atoms with van der Waals surface area (Å²) in [6, 6.07) is 7.20. The van der Waals surface area contributed by atoms with Crippen LogP contribution in [0.15, 0.2) is 18.2 Å². The third-order valence-corrected chi connectivity index (χ3v) is 3.48. The first-order valence-electron chi connectivity index (χ1n) is 6.33. The summed E-state index contributed by atoms with van der Waals surface area (Å²) in [7, 11) is 3.79. The quantitative estimate of drug-likeness (QED) is 0.818. The van der Waals surface area contributed by atoms with Crippen LogP contribution in [0, 0.1) is 13.8 Å². The van der Waals surface area contributed by atoms with Gasteiger partial charge in [0.25, 0.3) is 0 Å². The molecular weight excluding hydrogens is 210 g/mol. The second-order valence-electron chi connectivity index (χ2n) is 4.89. The van der Waals surface area contributed by atoms with Crippen LogP contribution in [0.3, 0.4) is 0 Å². The van der Waals surface area contributed by atoms with Crippen molar-refractivity contribution >= 4 is 0 Å². The Kier molecular flexibility index (Phi) is 5.66. The van der Waals surface area contributed by atoms with Gasteiger partial charge in [-0.15, -0.1) is 0 Å². The smallest absolute Gasteiger partial charge is 0.0558 e. The summed E-state index contributed by atoms with van der Waals surface area (Å²) in [5.41, 5.74) is 4.13. The minimum absolute atomic E-state index is 0.305. The number of hydrogen-bond donors (Lipinski definition) is 1. The number of rotatable bonds is 6. The van der Waals surface area contributed by atoms with E-state index in [1.54, 1.807) is 7.11 Å². The highest BCUT2D eigenvalue weighted by Crippen LogP contribution is 2.13. The lowest BCUT2D eigenvalue weighted by Crippen LogP contribution is -2.31. The van der Waals surface area contributed by atoms with E-state index in [2.05, 4.69) is 44.3 Å². The van der Waals surface area contributed by atoms with Crippen LogP contribution >= 0.6 is 0 Å². The number of likely N-dealkylation sites (N-methyl/N-ethyl adjacent to an activating group) is 1. The summed E-state index contributed by atoms with van der Waals surface area (Å²) in [6.07, 6.45) is 2.41. The number of nitrogens with one attached hydrogen (secondary N) is 1. The second kappa shape index (κ2) is 6.77. The van der Waals surface area contributed by atoms with Crippen LogP contribution in [0.25, 0.3) is 0 Å². The van der Waals surface area contributed by atoms with Crippen molar-refractivity contribution in [1.82, 2.24) is 5.32 Å². The number of aryl methyl sites for hydroxylation is 2. The van der Waals surface area contributed by atoms with Crippen molar-refractivity contribution in [2.75, 3.05) is 14.2 Å². The van der Waals surface area contributed by atoms with Gasteiger partial charge >= 0.3 is 0 Å². The number of ether oxygens (including phenoxy) is 1. The molecule has 1 aromatic carbocycles. The first-order chi connectivity index (χ1) is 8.06. The first-order valence-corrected chi connectivity index (χ1v) is 6.33. The zero-order valence-electron chi connectivity index (χ0n) is 11.7. The normalized spacial score (nSPS) is 14.6. The van der Waals surface area contributed by atoms with Crippen molar-refractivity contribution in [3.05, 3.63) is 34.9 Å². The molecule has 0 aliphatic rings. The Bertz CT molecular complexity index is 349. The molecule has 0 amide bonds. The molecule has 0 heterocycles. The average Bonchev–Trinajstić information content (AvgIpc) is 2.32. The third-order valence-electron chi connectivity index (χ3n) is 3.48. The van der Waals surface area contributed by atoms with Gasteiger partial charge in [0.1, 0.15) is 0 Å². The van der Waals surface area contributed by atoms with Gasteiger partial charge in [-0.3, -0.25) is 0 Å². The minimum atomic E-state index is 0.305. The van der Waals surface area contributed by atoms with E-state index in [0.717, 1.165) is 12.8 Å². The molecule has 1 N–H and O–H groups in total. The lowest BCUT2D eigenvalue weighted by molar-refractivity contribution is 0.101. The Labute approximate surface area is 105 Å². The third kappa shape index (κ3) is 4.49. The molecule has 0 aliphatic heterocycles. The zero-order chi connectivity index (χ0) is 12.8. The number of hydrogen-bond acceptors (Lipinski definition) is 2. The molecule has 96 valence electrons. The average molecular weight is 235 g/mol. The van der Waals surface area contributed by atoms with Gasteiger partial charge in [-0.2, -0.15) is 0 Å². The van der Waals surface area contributed by atoms with Gasteiger partial charge in [-0.1, -0.05) is 18.2 Å². The summed E-state index contributed by atoms with van der Waals surface area (Å²) in [6.45, 7) is 6.44. The van der Waals surface area contributed by atoms with Crippen LogP contribution < -0.4 is 5.32 Å². The number of methoxy groups -OCH3 is 1. The van der Waals surface area contributed by atoms with Crippen LogP contribution in [0.4, 0.5) is 0 Å². The Hall–Kier alpha value is -0.860. The van der Waals surface area contributed by atoms with E-state index in [1.165, 1.54) is 16.7 Å². The van der Waals surface area contributed by atoms with E-state index in [-0.39, 0.29) is 0 Å². The van der Waals surface area contributed by atoms with Gasteiger partial charge in [0.2, 0.25) is 0 Å². The lowest BCUT2D eigenvalue weighted by Gasteiger charge is -2.20. The highest BCUT2D eigenvalue weighted by molar-refractivity contribution is 5.30. The van der Waals surface area contributed by atoms with Crippen LogP contribution in [-0.2, 0) is 11.2 Å². The topological polar surface area (TPSA) is 21.3 Å². The van der Waals surface area contributed by atoms with Gasteiger partial charge in [0.15, 0.2) is 0 Å². The van der Waals surface area contributed by atoms with Gasteiger partial charge in [0.05, 0.1) is 6.10 Å². The summed E-state index contributed by atoms with van der Waals surface area (Å²) in [5, 5.41) is 3.37. The molecule has 2 atom stereocenters. The molecule has 0 aromatic heterocycles. The van der Waals surface area contributed by atoms with Crippen molar-refractivity contribution in [3.8, 4) is 0 Å². The molecule has 0 bridgehead atoms. The van der Waals surface area contributed by atoms with E-state index in [1.807, 2.05) is 7.05 Å². The van der Waals surface area contributed by atoms with Crippen LogP contribution in [0.5, 0.6) is 0 Å². The highest BCUT2D eigenvalue weighted by atomic mass is 16.5. The molecule has 17 heavy (non-hydrogen) atoms. The molecular formula is C15H25NO. The van der Waals surface area contributed by atoms with Gasteiger partial charge in [-0.25, -0.2) is 0 Å². The molecule has 1 rings (SSSR count). The van der Waals surface area contributed by atoms with E-state index in [9.17, 15) is 0 Å². The summed E-state index contributed by atoms with van der Waals surface area (Å²) >= 11 is 0. The molecule has 0 aliphatic carbocycles. The first kappa shape index (κ1) is 14.2.